The van der Waals surface area contributed by atoms with E-state index in [9.17, 15) is 9.59 Å². The number of hydrogen-bond acceptors (Lipinski definition) is 3. The molecule has 0 aliphatic carbocycles. The Labute approximate surface area is 177 Å². The van der Waals surface area contributed by atoms with Gasteiger partial charge in [-0.25, -0.2) is 0 Å². The molecule has 2 aromatic carbocycles. The molecule has 3 rings (SSSR count). The van der Waals surface area contributed by atoms with E-state index in [0.717, 1.165) is 32.4 Å². The fraction of sp³-hybridized carbons (Fsp3) is 0.391. The molecule has 1 aliphatic rings. The van der Waals surface area contributed by atoms with Gasteiger partial charge in [0.25, 0.3) is 5.91 Å². The standard InChI is InChI=1S/C23H28ClN3O2/c1-4-7-11-21(26(5-2)6-3)23(29)27-19-12-9-8-10-17(19)22(28)25-18-15-16(24)13-14-20(18)27/h8-10,12-15,21H,4-7,11H2,1-3H3,(H,25,28). The summed E-state index contributed by atoms with van der Waals surface area (Å²) in [5.41, 5.74) is 2.26. The van der Waals surface area contributed by atoms with Gasteiger partial charge in [0, 0.05) is 5.02 Å². The Morgan fingerprint density at radius 3 is 2.52 bits per heavy atom. The first-order chi connectivity index (χ1) is 14.0. The van der Waals surface area contributed by atoms with Crippen molar-refractivity contribution in [2.75, 3.05) is 23.3 Å². The maximum atomic E-state index is 13.9. The summed E-state index contributed by atoms with van der Waals surface area (Å²) in [6.45, 7) is 7.86. The summed E-state index contributed by atoms with van der Waals surface area (Å²) in [6, 6.07) is 12.2. The number of amides is 2. The third kappa shape index (κ3) is 4.31. The zero-order valence-corrected chi connectivity index (χ0v) is 18.0. The minimum Gasteiger partial charge on any atom is -0.320 e. The molecule has 0 spiro atoms. The van der Waals surface area contributed by atoms with Gasteiger partial charge in [0.1, 0.15) is 0 Å². The van der Waals surface area contributed by atoms with Crippen LogP contribution in [-0.2, 0) is 4.79 Å². The Balaban J connectivity index is 2.16. The van der Waals surface area contributed by atoms with E-state index in [2.05, 4.69) is 31.0 Å². The summed E-state index contributed by atoms with van der Waals surface area (Å²) in [4.78, 5) is 30.7. The number of benzene rings is 2. The van der Waals surface area contributed by atoms with Gasteiger partial charge in [-0.05, 0) is 49.8 Å². The van der Waals surface area contributed by atoms with E-state index < -0.39 is 0 Å². The molecule has 0 aromatic heterocycles. The lowest BCUT2D eigenvalue weighted by Crippen LogP contribution is -2.47. The minimum absolute atomic E-state index is 0.0188. The average molecular weight is 414 g/mol. The van der Waals surface area contributed by atoms with E-state index >= 15 is 0 Å². The lowest BCUT2D eigenvalue weighted by Gasteiger charge is -2.34. The largest absolute Gasteiger partial charge is 0.320 e. The molecule has 6 heteroatoms. The number of fused-ring (bicyclic) bond motifs is 2. The predicted molar refractivity (Wildman–Crippen MR) is 119 cm³/mol. The van der Waals surface area contributed by atoms with Crippen molar-refractivity contribution >= 4 is 40.5 Å². The van der Waals surface area contributed by atoms with Gasteiger partial charge in [0.2, 0.25) is 5.91 Å². The Kier molecular flexibility index (Phi) is 6.93. The quantitative estimate of drug-likeness (QED) is 0.654. The van der Waals surface area contributed by atoms with Gasteiger partial charge in [-0.2, -0.15) is 0 Å². The van der Waals surface area contributed by atoms with Crippen LogP contribution < -0.4 is 10.2 Å². The average Bonchev–Trinajstić information content (AvgIpc) is 2.84. The summed E-state index contributed by atoms with van der Waals surface area (Å²) >= 11 is 6.18. The van der Waals surface area contributed by atoms with Crippen molar-refractivity contribution < 1.29 is 9.59 Å². The molecule has 0 bridgehead atoms. The van der Waals surface area contributed by atoms with Gasteiger partial charge in [-0.15, -0.1) is 0 Å². The number of carbonyl (C=O) groups excluding carboxylic acids is 2. The first-order valence-corrected chi connectivity index (χ1v) is 10.7. The molecule has 1 aliphatic heterocycles. The smallest absolute Gasteiger partial charge is 0.257 e. The van der Waals surface area contributed by atoms with Crippen LogP contribution in [0.25, 0.3) is 0 Å². The monoisotopic (exact) mass is 413 g/mol. The molecule has 2 aromatic rings. The normalized spacial score (nSPS) is 14.1. The number of rotatable bonds is 7. The van der Waals surface area contributed by atoms with Crippen LogP contribution in [0.5, 0.6) is 0 Å². The van der Waals surface area contributed by atoms with E-state index in [-0.39, 0.29) is 17.9 Å². The van der Waals surface area contributed by atoms with Crippen LogP contribution in [0.2, 0.25) is 5.02 Å². The van der Waals surface area contributed by atoms with E-state index in [0.29, 0.717) is 27.6 Å². The lowest BCUT2D eigenvalue weighted by molar-refractivity contribution is -0.123. The number of hydrogen-bond donors (Lipinski definition) is 1. The SMILES string of the molecule is CCCCC(C(=O)N1c2ccc(Cl)cc2NC(=O)c2ccccc21)N(CC)CC. The number of nitrogens with zero attached hydrogens (tertiary/aromatic N) is 2. The van der Waals surface area contributed by atoms with Crippen molar-refractivity contribution in [3.05, 3.63) is 53.1 Å². The summed E-state index contributed by atoms with van der Waals surface area (Å²) in [5.74, 6) is -0.262. The highest BCUT2D eigenvalue weighted by molar-refractivity contribution is 6.31. The fourth-order valence-electron chi connectivity index (χ4n) is 3.89. The highest BCUT2D eigenvalue weighted by Crippen LogP contribution is 2.40. The molecule has 1 N–H and O–H groups in total. The van der Waals surface area contributed by atoms with E-state index in [4.69, 9.17) is 11.6 Å². The second kappa shape index (κ2) is 9.42. The molecule has 2 amide bonds. The third-order valence-corrected chi connectivity index (χ3v) is 5.66. The zero-order valence-electron chi connectivity index (χ0n) is 17.2. The number of carbonyl (C=O) groups is 2. The predicted octanol–water partition coefficient (Wildman–Crippen LogP) is 5.47. The molecular weight excluding hydrogens is 386 g/mol. The number of anilines is 3. The van der Waals surface area contributed by atoms with Crippen LogP contribution in [0.15, 0.2) is 42.5 Å². The van der Waals surface area contributed by atoms with Crippen LogP contribution in [0.1, 0.15) is 50.4 Å². The maximum Gasteiger partial charge on any atom is 0.257 e. The second-order valence-corrected chi connectivity index (χ2v) is 7.62. The molecular formula is C23H28ClN3O2. The fourth-order valence-corrected chi connectivity index (χ4v) is 4.07. The highest BCUT2D eigenvalue weighted by atomic mass is 35.5. The van der Waals surface area contributed by atoms with Crippen molar-refractivity contribution in [3.63, 3.8) is 0 Å². The number of halogens is 1. The number of unbranched alkanes of at least 4 members (excludes halogenated alkanes) is 1. The molecule has 1 unspecified atom stereocenters. The van der Waals surface area contributed by atoms with Gasteiger partial charge in [-0.3, -0.25) is 19.4 Å². The molecule has 29 heavy (non-hydrogen) atoms. The third-order valence-electron chi connectivity index (χ3n) is 5.43. The van der Waals surface area contributed by atoms with Crippen molar-refractivity contribution in [2.45, 2.75) is 46.1 Å². The van der Waals surface area contributed by atoms with Gasteiger partial charge in [-0.1, -0.05) is 57.3 Å². The first kappa shape index (κ1) is 21.3. The Morgan fingerprint density at radius 2 is 1.83 bits per heavy atom. The van der Waals surface area contributed by atoms with Gasteiger partial charge in [0.05, 0.1) is 28.7 Å². The molecule has 1 heterocycles. The van der Waals surface area contributed by atoms with Crippen molar-refractivity contribution in [2.24, 2.45) is 0 Å². The Hall–Kier alpha value is -2.37. The van der Waals surface area contributed by atoms with Gasteiger partial charge >= 0.3 is 0 Å². The first-order valence-electron chi connectivity index (χ1n) is 10.3. The summed E-state index contributed by atoms with van der Waals surface area (Å²) in [5, 5.41) is 3.42. The zero-order chi connectivity index (χ0) is 21.0. The van der Waals surface area contributed by atoms with E-state index in [1.165, 1.54) is 0 Å². The van der Waals surface area contributed by atoms with Crippen LogP contribution in [0.3, 0.4) is 0 Å². The molecule has 5 nitrogen and oxygen atoms in total. The molecule has 0 fully saturated rings. The molecule has 0 saturated heterocycles. The van der Waals surface area contributed by atoms with Crippen LogP contribution >= 0.6 is 11.6 Å². The van der Waals surface area contributed by atoms with Gasteiger partial charge < -0.3 is 5.32 Å². The molecule has 154 valence electrons. The molecule has 0 saturated carbocycles. The summed E-state index contributed by atoms with van der Waals surface area (Å²) < 4.78 is 0. The van der Waals surface area contributed by atoms with Crippen LogP contribution in [-0.4, -0.2) is 35.8 Å². The van der Waals surface area contributed by atoms with E-state index in [1.54, 1.807) is 29.2 Å². The lowest BCUT2D eigenvalue weighted by atomic mass is 10.0. The maximum absolute atomic E-state index is 13.9. The van der Waals surface area contributed by atoms with Gasteiger partial charge in [0.15, 0.2) is 0 Å². The summed E-state index contributed by atoms with van der Waals surface area (Å²) in [7, 11) is 0. The number of likely N-dealkylation sites (N-methyl/N-ethyl adjacent to an activating group) is 1. The number of nitrogens with one attached hydrogen (secondary N) is 1. The van der Waals surface area contributed by atoms with Crippen molar-refractivity contribution in [3.8, 4) is 0 Å². The molecule has 1 atom stereocenters. The topological polar surface area (TPSA) is 52.7 Å². The minimum atomic E-state index is -0.255. The molecule has 0 radical (unpaired) electrons. The Morgan fingerprint density at radius 1 is 1.10 bits per heavy atom. The highest BCUT2D eigenvalue weighted by Gasteiger charge is 2.34. The summed E-state index contributed by atoms with van der Waals surface area (Å²) in [6.07, 6.45) is 2.76. The van der Waals surface area contributed by atoms with Crippen LogP contribution in [0, 0.1) is 0 Å². The van der Waals surface area contributed by atoms with Crippen molar-refractivity contribution in [1.29, 1.82) is 0 Å². The van der Waals surface area contributed by atoms with Crippen molar-refractivity contribution in [1.82, 2.24) is 4.90 Å². The number of para-hydroxylation sites is 1. The second-order valence-electron chi connectivity index (χ2n) is 7.19. The van der Waals surface area contributed by atoms with Crippen LogP contribution in [0.4, 0.5) is 17.1 Å². The van der Waals surface area contributed by atoms with E-state index in [1.807, 2.05) is 18.2 Å². The Bertz CT molecular complexity index is 895.